The van der Waals surface area contributed by atoms with Crippen LogP contribution in [0.1, 0.15) is 43.0 Å². The summed E-state index contributed by atoms with van der Waals surface area (Å²) in [6, 6.07) is 10.2. The Morgan fingerprint density at radius 2 is 1.88 bits per heavy atom. The molecule has 0 N–H and O–H groups in total. The summed E-state index contributed by atoms with van der Waals surface area (Å²) in [5, 5.41) is 0. The van der Waals surface area contributed by atoms with Crippen LogP contribution >= 0.6 is 0 Å². The fourth-order valence-corrected chi connectivity index (χ4v) is 4.29. The van der Waals surface area contributed by atoms with Crippen molar-refractivity contribution in [2.75, 3.05) is 25.1 Å². The fraction of sp³-hybridized carbons (Fsp3) is 0.360. The molecule has 0 atom stereocenters. The summed E-state index contributed by atoms with van der Waals surface area (Å²) in [5.74, 6) is 2.57. The monoisotopic (exact) mass is 428 g/mol. The molecule has 7 heteroatoms. The van der Waals surface area contributed by atoms with Crippen LogP contribution in [-0.4, -0.2) is 44.5 Å². The highest BCUT2D eigenvalue weighted by Gasteiger charge is 2.30. The summed E-state index contributed by atoms with van der Waals surface area (Å²) < 4.78 is 7.37. The maximum Gasteiger partial charge on any atom is 0.136 e. The highest BCUT2D eigenvalue weighted by molar-refractivity contribution is 5.45. The lowest BCUT2D eigenvalue weighted by atomic mass is 9.93. The fourth-order valence-electron chi connectivity index (χ4n) is 4.29. The molecular weight excluding hydrogens is 400 g/mol. The third kappa shape index (κ3) is 4.42. The second-order valence-electron chi connectivity index (χ2n) is 9.24. The van der Waals surface area contributed by atoms with Gasteiger partial charge in [0.1, 0.15) is 23.0 Å². The van der Waals surface area contributed by atoms with Gasteiger partial charge in [0, 0.05) is 56.4 Å². The molecule has 0 amide bonds. The van der Waals surface area contributed by atoms with Crippen molar-refractivity contribution in [3.05, 3.63) is 77.9 Å². The van der Waals surface area contributed by atoms with E-state index in [1.54, 1.807) is 13.3 Å². The topological polar surface area (TPSA) is 68.4 Å². The average Bonchev–Trinajstić information content (AvgIpc) is 3.39. The van der Waals surface area contributed by atoms with Gasteiger partial charge in [-0.2, -0.15) is 0 Å². The molecule has 4 aromatic heterocycles. The van der Waals surface area contributed by atoms with Gasteiger partial charge in [-0.05, 0) is 35.6 Å². The van der Waals surface area contributed by atoms with Crippen molar-refractivity contribution in [2.45, 2.75) is 33.1 Å². The number of methoxy groups -OCH3 is 1. The first-order valence-corrected chi connectivity index (χ1v) is 11.0. The third-order valence-corrected chi connectivity index (χ3v) is 6.02. The molecule has 4 aromatic rings. The number of pyridine rings is 2. The van der Waals surface area contributed by atoms with Crippen LogP contribution in [0, 0.1) is 5.41 Å². The Labute approximate surface area is 188 Å². The van der Waals surface area contributed by atoms with Gasteiger partial charge in [0.25, 0.3) is 0 Å². The minimum absolute atomic E-state index is 0.297. The van der Waals surface area contributed by atoms with Gasteiger partial charge in [-0.15, -0.1) is 0 Å². The van der Waals surface area contributed by atoms with Gasteiger partial charge in [0.15, 0.2) is 0 Å². The highest BCUT2D eigenvalue weighted by Crippen LogP contribution is 2.32. The van der Waals surface area contributed by atoms with E-state index in [4.69, 9.17) is 14.7 Å². The highest BCUT2D eigenvalue weighted by atomic mass is 16.5. The van der Waals surface area contributed by atoms with E-state index < -0.39 is 0 Å². The van der Waals surface area contributed by atoms with Crippen molar-refractivity contribution in [3.63, 3.8) is 0 Å². The third-order valence-electron chi connectivity index (χ3n) is 6.02. The van der Waals surface area contributed by atoms with Crippen LogP contribution in [-0.2, 0) is 12.8 Å². The van der Waals surface area contributed by atoms with Gasteiger partial charge in [0.2, 0.25) is 0 Å². The molecule has 0 saturated carbocycles. The van der Waals surface area contributed by atoms with E-state index in [0.29, 0.717) is 11.8 Å². The van der Waals surface area contributed by atoms with E-state index in [0.717, 1.165) is 60.4 Å². The molecule has 1 aliphatic heterocycles. The first kappa shape index (κ1) is 20.4. The molecule has 5 heterocycles. The summed E-state index contributed by atoms with van der Waals surface area (Å²) in [5.41, 5.74) is 4.33. The van der Waals surface area contributed by atoms with E-state index in [-0.39, 0.29) is 0 Å². The van der Waals surface area contributed by atoms with Crippen molar-refractivity contribution in [1.82, 2.24) is 24.3 Å². The molecule has 0 aromatic carbocycles. The largest absolute Gasteiger partial charge is 0.497 e. The van der Waals surface area contributed by atoms with Gasteiger partial charge in [0.05, 0.1) is 24.9 Å². The van der Waals surface area contributed by atoms with Crippen molar-refractivity contribution in [1.29, 1.82) is 0 Å². The summed E-state index contributed by atoms with van der Waals surface area (Å²) in [7, 11) is 1.67. The number of fused-ring (bicyclic) bond motifs is 1. The van der Waals surface area contributed by atoms with Crippen LogP contribution in [0.2, 0.25) is 0 Å². The molecule has 1 fully saturated rings. The van der Waals surface area contributed by atoms with Crippen LogP contribution in [0.15, 0.2) is 55.1 Å². The minimum Gasteiger partial charge on any atom is -0.497 e. The maximum absolute atomic E-state index is 5.35. The zero-order chi connectivity index (χ0) is 22.1. The number of nitrogens with zero attached hydrogens (tertiary/aromatic N) is 6. The predicted octanol–water partition coefficient (Wildman–Crippen LogP) is 3.95. The maximum atomic E-state index is 5.35. The Morgan fingerprint density at radius 1 is 0.969 bits per heavy atom. The van der Waals surface area contributed by atoms with E-state index >= 15 is 0 Å². The Bertz CT molecular complexity index is 1250. The van der Waals surface area contributed by atoms with E-state index in [9.17, 15) is 0 Å². The van der Waals surface area contributed by atoms with E-state index in [1.807, 2.05) is 35.1 Å². The SMILES string of the molecule is COc1ccnc(Cc2nc(Cc3ccn4ccnc4c3)cc(N3CCC(C)(C)C3)n2)c1. The molecule has 1 aliphatic rings. The molecule has 164 valence electrons. The molecule has 32 heavy (non-hydrogen) atoms. The molecule has 0 spiro atoms. The van der Waals surface area contributed by atoms with Crippen LogP contribution in [0.5, 0.6) is 5.75 Å². The summed E-state index contributed by atoms with van der Waals surface area (Å²) >= 11 is 0. The number of ether oxygens (including phenoxy) is 1. The summed E-state index contributed by atoms with van der Waals surface area (Å²) in [6.07, 6.45) is 10.0. The normalized spacial score (nSPS) is 15.4. The van der Waals surface area contributed by atoms with E-state index in [1.165, 1.54) is 5.56 Å². The lowest BCUT2D eigenvalue weighted by molar-refractivity contribution is 0.413. The smallest absolute Gasteiger partial charge is 0.136 e. The lowest BCUT2D eigenvalue weighted by Crippen LogP contribution is -2.24. The van der Waals surface area contributed by atoms with Crippen molar-refractivity contribution >= 4 is 11.5 Å². The molecule has 1 saturated heterocycles. The van der Waals surface area contributed by atoms with Gasteiger partial charge in [-0.25, -0.2) is 15.0 Å². The van der Waals surface area contributed by atoms with Crippen LogP contribution in [0.3, 0.4) is 0 Å². The Kier molecular flexibility index (Phi) is 5.25. The molecule has 0 bridgehead atoms. The first-order valence-electron chi connectivity index (χ1n) is 11.0. The van der Waals surface area contributed by atoms with Gasteiger partial charge in [-0.1, -0.05) is 13.8 Å². The van der Waals surface area contributed by atoms with Gasteiger partial charge < -0.3 is 14.0 Å². The average molecular weight is 429 g/mol. The molecular formula is C25H28N6O. The number of aromatic nitrogens is 5. The van der Waals surface area contributed by atoms with Crippen LogP contribution in [0.25, 0.3) is 5.65 Å². The molecule has 5 rings (SSSR count). The standard InChI is InChI=1S/C25H28N6O/c1-25(2)6-10-31(17-25)24-16-20(12-18-5-9-30-11-8-27-23(30)13-18)28-22(29-24)15-19-14-21(32-3)4-7-26-19/h4-5,7-9,11,13-14,16H,6,10,12,15,17H2,1-3H3. The summed E-state index contributed by atoms with van der Waals surface area (Å²) in [6.45, 7) is 6.65. The zero-order valence-corrected chi connectivity index (χ0v) is 18.8. The lowest BCUT2D eigenvalue weighted by Gasteiger charge is -2.21. The quantitative estimate of drug-likeness (QED) is 0.463. The van der Waals surface area contributed by atoms with E-state index in [2.05, 4.69) is 46.9 Å². The zero-order valence-electron chi connectivity index (χ0n) is 18.8. The second kappa shape index (κ2) is 8.22. The predicted molar refractivity (Wildman–Crippen MR) is 124 cm³/mol. The van der Waals surface area contributed by atoms with Gasteiger partial charge in [-0.3, -0.25) is 4.98 Å². The second-order valence-corrected chi connectivity index (χ2v) is 9.24. The number of rotatable bonds is 6. The number of imidazole rings is 1. The number of hydrogen-bond acceptors (Lipinski definition) is 6. The van der Waals surface area contributed by atoms with Crippen molar-refractivity contribution in [3.8, 4) is 5.75 Å². The minimum atomic E-state index is 0.297. The molecule has 0 unspecified atom stereocenters. The van der Waals surface area contributed by atoms with Crippen molar-refractivity contribution < 1.29 is 4.74 Å². The Morgan fingerprint density at radius 3 is 2.69 bits per heavy atom. The summed E-state index contributed by atoms with van der Waals surface area (Å²) in [4.78, 5) is 21.1. The molecule has 0 aliphatic carbocycles. The van der Waals surface area contributed by atoms with Crippen LogP contribution in [0.4, 0.5) is 5.82 Å². The Hall–Kier alpha value is -3.48. The molecule has 7 nitrogen and oxygen atoms in total. The van der Waals surface area contributed by atoms with Crippen LogP contribution < -0.4 is 9.64 Å². The van der Waals surface area contributed by atoms with Crippen molar-refractivity contribution in [2.24, 2.45) is 5.41 Å². The molecule has 0 radical (unpaired) electrons. The number of hydrogen-bond donors (Lipinski definition) is 0. The van der Waals surface area contributed by atoms with Gasteiger partial charge >= 0.3 is 0 Å². The Balaban J connectivity index is 1.48. The first-order chi connectivity index (χ1) is 15.5. The number of anilines is 1.